The third kappa shape index (κ3) is 1.95. The second-order valence-corrected chi connectivity index (χ2v) is 3.75. The molecule has 0 unspecified atom stereocenters. The summed E-state index contributed by atoms with van der Waals surface area (Å²) in [7, 11) is 0. The zero-order valence-electron chi connectivity index (χ0n) is 8.12. The number of hydrogen-bond donors (Lipinski definition) is 0. The van der Waals surface area contributed by atoms with Gasteiger partial charge in [-0.1, -0.05) is 0 Å². The smallest absolute Gasteiger partial charge is 0.325 e. The third-order valence-electron chi connectivity index (χ3n) is 2.64. The van der Waals surface area contributed by atoms with Gasteiger partial charge in [0.2, 0.25) is 0 Å². The van der Waals surface area contributed by atoms with E-state index >= 15 is 0 Å². The van der Waals surface area contributed by atoms with Gasteiger partial charge < -0.3 is 4.84 Å². The lowest BCUT2D eigenvalue weighted by Gasteiger charge is -2.33. The molecule has 1 radical (unpaired) electrons. The molecule has 0 spiro atoms. The van der Waals surface area contributed by atoms with Gasteiger partial charge in [-0.05, 0) is 25.7 Å². The van der Waals surface area contributed by atoms with Crippen LogP contribution in [0.2, 0.25) is 0 Å². The van der Waals surface area contributed by atoms with Crippen molar-refractivity contribution in [2.24, 2.45) is 0 Å². The van der Waals surface area contributed by atoms with E-state index in [-0.39, 0.29) is 11.8 Å². The van der Waals surface area contributed by atoms with E-state index in [1.54, 1.807) is 0 Å². The number of carbonyl (C=O) groups is 2. The van der Waals surface area contributed by atoms with Gasteiger partial charge >= 0.3 is 5.97 Å². The van der Waals surface area contributed by atoms with Crippen molar-refractivity contribution in [3.05, 3.63) is 6.04 Å². The van der Waals surface area contributed by atoms with E-state index in [1.165, 1.54) is 5.06 Å². The minimum atomic E-state index is -0.211. The molecule has 77 valence electrons. The van der Waals surface area contributed by atoms with E-state index in [2.05, 4.69) is 0 Å². The first-order valence-corrected chi connectivity index (χ1v) is 5.15. The molecular formula is C10H14NO3. The lowest BCUT2D eigenvalue weighted by Crippen LogP contribution is -2.40. The lowest BCUT2D eigenvalue weighted by atomic mass is 9.97. The molecule has 0 amide bonds. The minimum Gasteiger partial charge on any atom is -0.367 e. The molecule has 0 saturated carbocycles. The van der Waals surface area contributed by atoms with Gasteiger partial charge in [-0.15, -0.1) is 5.06 Å². The van der Waals surface area contributed by atoms with Crippen molar-refractivity contribution >= 4 is 11.8 Å². The van der Waals surface area contributed by atoms with Crippen molar-refractivity contribution in [1.82, 2.24) is 5.06 Å². The molecule has 2 aliphatic heterocycles. The first-order valence-electron chi connectivity index (χ1n) is 5.15. The van der Waals surface area contributed by atoms with Crippen molar-refractivity contribution < 1.29 is 14.4 Å². The maximum absolute atomic E-state index is 11.6. The first kappa shape index (κ1) is 9.65. The fourth-order valence-corrected chi connectivity index (χ4v) is 1.89. The van der Waals surface area contributed by atoms with E-state index in [9.17, 15) is 9.59 Å². The summed E-state index contributed by atoms with van der Waals surface area (Å²) in [5.74, 6) is -0.0610. The van der Waals surface area contributed by atoms with E-state index < -0.39 is 0 Å². The highest BCUT2D eigenvalue weighted by Gasteiger charge is 2.33. The Kier molecular flexibility index (Phi) is 2.82. The molecule has 0 aliphatic carbocycles. The van der Waals surface area contributed by atoms with E-state index in [4.69, 9.17) is 4.84 Å². The highest BCUT2D eigenvalue weighted by Crippen LogP contribution is 2.27. The van der Waals surface area contributed by atoms with Gasteiger partial charge in [0.1, 0.15) is 6.04 Å². The molecular weight excluding hydrogens is 182 g/mol. The van der Waals surface area contributed by atoms with Crippen LogP contribution in [0.3, 0.4) is 0 Å². The van der Waals surface area contributed by atoms with E-state index in [0.717, 1.165) is 19.3 Å². The molecule has 4 heteroatoms. The Balaban J connectivity index is 2.09. The van der Waals surface area contributed by atoms with Crippen LogP contribution in [-0.4, -0.2) is 23.4 Å². The molecule has 2 saturated heterocycles. The number of piperidine rings is 1. The van der Waals surface area contributed by atoms with Crippen LogP contribution in [0.25, 0.3) is 0 Å². The standard InChI is InChI=1S/C10H14NO3/c12-9-5-3-6-10(13)14-11-7-2-1-4-8(9)11/h1-7H2. The van der Waals surface area contributed by atoms with Crippen LogP contribution in [0.1, 0.15) is 38.5 Å². The van der Waals surface area contributed by atoms with Crippen LogP contribution in [-0.2, 0) is 14.4 Å². The van der Waals surface area contributed by atoms with Crippen molar-refractivity contribution in [2.45, 2.75) is 38.5 Å². The Morgan fingerprint density at radius 3 is 2.71 bits per heavy atom. The lowest BCUT2D eigenvalue weighted by molar-refractivity contribution is -0.195. The van der Waals surface area contributed by atoms with Crippen LogP contribution < -0.4 is 0 Å². The topological polar surface area (TPSA) is 46.6 Å². The zero-order chi connectivity index (χ0) is 9.97. The summed E-state index contributed by atoms with van der Waals surface area (Å²) >= 11 is 0. The molecule has 0 N–H and O–H groups in total. The third-order valence-corrected chi connectivity index (χ3v) is 2.64. The summed E-state index contributed by atoms with van der Waals surface area (Å²) in [6, 6.07) is 0.698. The Labute approximate surface area is 83.2 Å². The van der Waals surface area contributed by atoms with Gasteiger partial charge in [0.15, 0.2) is 5.78 Å². The van der Waals surface area contributed by atoms with Gasteiger partial charge in [-0.25, -0.2) is 0 Å². The summed E-state index contributed by atoms with van der Waals surface area (Å²) in [5.41, 5.74) is 0. The second kappa shape index (κ2) is 4.09. The normalized spacial score (nSPS) is 26.3. The average Bonchev–Trinajstić information content (AvgIpc) is 2.16. The summed E-state index contributed by atoms with van der Waals surface area (Å²) < 4.78 is 0. The number of rotatable bonds is 0. The monoisotopic (exact) mass is 196 g/mol. The van der Waals surface area contributed by atoms with Gasteiger partial charge in [0.05, 0.1) is 0 Å². The molecule has 14 heavy (non-hydrogen) atoms. The van der Waals surface area contributed by atoms with E-state index in [1.807, 2.05) is 0 Å². The van der Waals surface area contributed by atoms with Crippen molar-refractivity contribution in [3.63, 3.8) is 0 Å². The molecule has 0 aromatic heterocycles. The maximum Gasteiger partial charge on any atom is 0.325 e. The van der Waals surface area contributed by atoms with Crippen LogP contribution in [0.5, 0.6) is 0 Å². The molecule has 2 fully saturated rings. The fourth-order valence-electron chi connectivity index (χ4n) is 1.89. The summed E-state index contributed by atoms with van der Waals surface area (Å²) in [4.78, 5) is 27.9. The summed E-state index contributed by atoms with van der Waals surface area (Å²) in [6.45, 7) is 0.673. The van der Waals surface area contributed by atoms with E-state index in [0.29, 0.717) is 31.8 Å². The Morgan fingerprint density at radius 1 is 1.00 bits per heavy atom. The molecule has 0 atom stereocenters. The Bertz CT molecular complexity index is 252. The molecule has 2 heterocycles. The number of hydrogen-bond acceptors (Lipinski definition) is 4. The van der Waals surface area contributed by atoms with Crippen LogP contribution in [0.15, 0.2) is 0 Å². The van der Waals surface area contributed by atoms with Crippen LogP contribution in [0.4, 0.5) is 0 Å². The van der Waals surface area contributed by atoms with Crippen molar-refractivity contribution in [2.75, 3.05) is 6.54 Å². The second-order valence-electron chi connectivity index (χ2n) is 3.75. The quantitative estimate of drug-likeness (QED) is 0.584. The molecule has 0 aromatic rings. The highest BCUT2D eigenvalue weighted by molar-refractivity contribution is 5.92. The predicted molar refractivity (Wildman–Crippen MR) is 48.8 cm³/mol. The fraction of sp³-hybridized carbons (Fsp3) is 0.700. The zero-order valence-corrected chi connectivity index (χ0v) is 8.12. The molecule has 2 aliphatic rings. The molecule has 4 nitrogen and oxygen atoms in total. The Morgan fingerprint density at radius 2 is 1.86 bits per heavy atom. The average molecular weight is 196 g/mol. The number of carbonyl (C=O) groups excluding carboxylic acids is 2. The van der Waals surface area contributed by atoms with Gasteiger partial charge in [0.25, 0.3) is 0 Å². The highest BCUT2D eigenvalue weighted by atomic mass is 16.7. The predicted octanol–water partition coefficient (Wildman–Crippen LogP) is 1.22. The minimum absolute atomic E-state index is 0.150. The number of hydroxylamine groups is 2. The summed E-state index contributed by atoms with van der Waals surface area (Å²) in [6.07, 6.45) is 4.23. The number of nitrogens with zero attached hydrogens (tertiary/aromatic N) is 1. The molecule has 2 rings (SSSR count). The van der Waals surface area contributed by atoms with Crippen molar-refractivity contribution in [3.8, 4) is 0 Å². The largest absolute Gasteiger partial charge is 0.367 e. The Hall–Kier alpha value is -0.900. The first-order chi connectivity index (χ1) is 6.77. The number of Topliss-reactive ketones (excluding diaryl/α,β-unsaturated/α-hetero) is 1. The molecule has 0 bridgehead atoms. The van der Waals surface area contributed by atoms with Gasteiger partial charge in [-0.3, -0.25) is 9.59 Å². The van der Waals surface area contributed by atoms with Gasteiger partial charge in [-0.2, -0.15) is 0 Å². The molecule has 0 aromatic carbocycles. The summed E-state index contributed by atoms with van der Waals surface area (Å²) in [5, 5.41) is 1.51. The van der Waals surface area contributed by atoms with Crippen LogP contribution in [0, 0.1) is 6.04 Å². The van der Waals surface area contributed by atoms with Crippen LogP contribution >= 0.6 is 0 Å². The number of ketones is 1. The maximum atomic E-state index is 11.6. The SMILES string of the molecule is O=C1CCCC(=O)[C]2CCCCN2O1. The van der Waals surface area contributed by atoms with Crippen molar-refractivity contribution in [1.29, 1.82) is 0 Å². The van der Waals surface area contributed by atoms with Gasteiger partial charge in [0, 0.05) is 19.4 Å². The number of fused-ring (bicyclic) bond motifs is 1.